The van der Waals surface area contributed by atoms with Gasteiger partial charge in [0.1, 0.15) is 17.9 Å². The lowest BCUT2D eigenvalue weighted by Crippen LogP contribution is -2.38. The highest BCUT2D eigenvalue weighted by Gasteiger charge is 2.23. The second kappa shape index (κ2) is 7.70. The Morgan fingerprint density at radius 3 is 2.43 bits per heavy atom. The molecule has 0 bridgehead atoms. The number of aliphatic carboxylic acids is 1. The SMILES string of the molecule is Cc1nn(CCC(=O)N(CC(=O)O)CC(C)C)c(C)c1[N+](=O)[O-]. The van der Waals surface area contributed by atoms with Crippen LogP contribution in [0.15, 0.2) is 0 Å². The molecule has 1 aromatic rings. The van der Waals surface area contributed by atoms with Gasteiger partial charge in [-0.25, -0.2) is 0 Å². The summed E-state index contributed by atoms with van der Waals surface area (Å²) in [5, 5.41) is 23.9. The van der Waals surface area contributed by atoms with Crippen molar-refractivity contribution in [2.75, 3.05) is 13.1 Å². The van der Waals surface area contributed by atoms with Crippen LogP contribution in [0, 0.1) is 29.9 Å². The molecule has 0 fully saturated rings. The summed E-state index contributed by atoms with van der Waals surface area (Å²) in [5.74, 6) is -1.23. The molecule has 0 radical (unpaired) electrons. The van der Waals surface area contributed by atoms with E-state index in [2.05, 4.69) is 5.10 Å². The molecule has 0 saturated carbocycles. The highest BCUT2D eigenvalue weighted by Crippen LogP contribution is 2.21. The number of amides is 1. The minimum atomic E-state index is -1.07. The average Bonchev–Trinajstić information content (AvgIpc) is 2.68. The van der Waals surface area contributed by atoms with E-state index in [1.807, 2.05) is 13.8 Å². The summed E-state index contributed by atoms with van der Waals surface area (Å²) in [7, 11) is 0. The summed E-state index contributed by atoms with van der Waals surface area (Å²) >= 11 is 0. The lowest BCUT2D eigenvalue weighted by atomic mass is 10.2. The van der Waals surface area contributed by atoms with Gasteiger partial charge < -0.3 is 10.0 Å². The molecule has 0 unspecified atom stereocenters. The molecule has 0 aliphatic rings. The van der Waals surface area contributed by atoms with E-state index in [4.69, 9.17) is 5.11 Å². The number of carboxylic acids is 1. The predicted octanol–water partition coefficient (Wildman–Crippen LogP) is 1.37. The van der Waals surface area contributed by atoms with Crippen molar-refractivity contribution >= 4 is 17.6 Å². The fourth-order valence-electron chi connectivity index (χ4n) is 2.39. The molecule has 9 heteroatoms. The number of nitrogens with zero attached hydrogens (tertiary/aromatic N) is 4. The van der Waals surface area contributed by atoms with Crippen LogP contribution < -0.4 is 0 Å². The molecule has 9 nitrogen and oxygen atoms in total. The number of carbonyl (C=O) groups excluding carboxylic acids is 1. The van der Waals surface area contributed by atoms with Gasteiger partial charge in [-0.15, -0.1) is 0 Å². The summed E-state index contributed by atoms with van der Waals surface area (Å²) in [4.78, 5) is 34.8. The third-order valence-electron chi connectivity index (χ3n) is 3.33. The Kier molecular flexibility index (Phi) is 6.23. The number of aromatic nitrogens is 2. The standard InChI is InChI=1S/C14H22N4O5/c1-9(2)7-16(8-13(20)21)12(19)5-6-17-11(4)14(18(22)23)10(3)15-17/h9H,5-8H2,1-4H3,(H,20,21). The van der Waals surface area contributed by atoms with Crippen molar-refractivity contribution in [3.63, 3.8) is 0 Å². The quantitative estimate of drug-likeness (QED) is 0.569. The molecular formula is C14H22N4O5. The molecule has 128 valence electrons. The number of hydrogen-bond donors (Lipinski definition) is 1. The lowest BCUT2D eigenvalue weighted by molar-refractivity contribution is -0.386. The first-order valence-electron chi connectivity index (χ1n) is 7.31. The van der Waals surface area contributed by atoms with Crippen LogP contribution in [-0.2, 0) is 16.1 Å². The summed E-state index contributed by atoms with van der Waals surface area (Å²) in [6.45, 7) is 7.08. The Hall–Kier alpha value is -2.45. The van der Waals surface area contributed by atoms with Gasteiger partial charge in [0.25, 0.3) is 0 Å². The topological polar surface area (TPSA) is 119 Å². The van der Waals surface area contributed by atoms with E-state index in [1.54, 1.807) is 13.8 Å². The molecule has 1 aromatic heterocycles. The number of nitro groups is 1. The molecule has 1 heterocycles. The van der Waals surface area contributed by atoms with Crippen LogP contribution in [-0.4, -0.2) is 49.7 Å². The third kappa shape index (κ3) is 5.04. The van der Waals surface area contributed by atoms with Crippen molar-refractivity contribution in [3.8, 4) is 0 Å². The van der Waals surface area contributed by atoms with Crippen molar-refractivity contribution < 1.29 is 19.6 Å². The second-order valence-electron chi connectivity index (χ2n) is 5.81. The van der Waals surface area contributed by atoms with E-state index in [0.29, 0.717) is 17.9 Å². The van der Waals surface area contributed by atoms with E-state index in [0.717, 1.165) is 0 Å². The Balaban J connectivity index is 2.79. The molecule has 1 rings (SSSR count). The van der Waals surface area contributed by atoms with Crippen LogP contribution in [0.2, 0.25) is 0 Å². The average molecular weight is 326 g/mol. The first-order chi connectivity index (χ1) is 10.6. The minimum absolute atomic E-state index is 0.0408. The highest BCUT2D eigenvalue weighted by molar-refractivity contribution is 5.81. The second-order valence-corrected chi connectivity index (χ2v) is 5.81. The largest absolute Gasteiger partial charge is 0.480 e. The van der Waals surface area contributed by atoms with Crippen LogP contribution >= 0.6 is 0 Å². The number of hydrogen-bond acceptors (Lipinski definition) is 5. The van der Waals surface area contributed by atoms with Crippen molar-refractivity contribution in [1.29, 1.82) is 0 Å². The highest BCUT2D eigenvalue weighted by atomic mass is 16.6. The Morgan fingerprint density at radius 1 is 1.39 bits per heavy atom. The predicted molar refractivity (Wildman–Crippen MR) is 82.0 cm³/mol. The summed E-state index contributed by atoms with van der Waals surface area (Å²) in [5.41, 5.74) is 0.625. The summed E-state index contributed by atoms with van der Waals surface area (Å²) in [6, 6.07) is 0. The molecule has 1 N–H and O–H groups in total. The van der Waals surface area contributed by atoms with Gasteiger partial charge in [0, 0.05) is 13.0 Å². The molecule has 0 aliphatic carbocycles. The molecular weight excluding hydrogens is 304 g/mol. The normalized spacial score (nSPS) is 10.8. The summed E-state index contributed by atoms with van der Waals surface area (Å²) < 4.78 is 1.42. The van der Waals surface area contributed by atoms with Gasteiger partial charge in [0.05, 0.1) is 11.5 Å². The lowest BCUT2D eigenvalue weighted by Gasteiger charge is -2.22. The van der Waals surface area contributed by atoms with E-state index in [9.17, 15) is 19.7 Å². The molecule has 0 aromatic carbocycles. The van der Waals surface area contributed by atoms with Gasteiger partial charge in [-0.1, -0.05) is 13.8 Å². The fraction of sp³-hybridized carbons (Fsp3) is 0.643. The first-order valence-corrected chi connectivity index (χ1v) is 7.31. The van der Waals surface area contributed by atoms with Gasteiger partial charge >= 0.3 is 11.7 Å². The number of aryl methyl sites for hydroxylation is 2. The van der Waals surface area contributed by atoms with Crippen LogP contribution in [0.4, 0.5) is 5.69 Å². The zero-order valence-electron chi connectivity index (χ0n) is 13.8. The van der Waals surface area contributed by atoms with Crippen LogP contribution in [0.5, 0.6) is 0 Å². The van der Waals surface area contributed by atoms with Gasteiger partial charge in [-0.2, -0.15) is 5.10 Å². The fourth-order valence-corrected chi connectivity index (χ4v) is 2.39. The van der Waals surface area contributed by atoms with E-state index in [-0.39, 0.29) is 37.0 Å². The van der Waals surface area contributed by atoms with Crippen molar-refractivity contribution in [2.45, 2.75) is 40.7 Å². The first kappa shape index (κ1) is 18.6. The van der Waals surface area contributed by atoms with E-state index >= 15 is 0 Å². The Labute approximate surface area is 134 Å². The number of carboxylic acid groups (broad SMARTS) is 1. The van der Waals surface area contributed by atoms with Crippen LogP contribution in [0.1, 0.15) is 31.7 Å². The number of rotatable bonds is 8. The molecule has 23 heavy (non-hydrogen) atoms. The Bertz CT molecular complexity index is 609. The zero-order chi connectivity index (χ0) is 17.7. The minimum Gasteiger partial charge on any atom is -0.480 e. The van der Waals surface area contributed by atoms with Gasteiger partial charge in [-0.05, 0) is 19.8 Å². The monoisotopic (exact) mass is 326 g/mol. The van der Waals surface area contributed by atoms with Crippen molar-refractivity contribution in [2.24, 2.45) is 5.92 Å². The van der Waals surface area contributed by atoms with E-state index < -0.39 is 10.9 Å². The number of carbonyl (C=O) groups is 2. The van der Waals surface area contributed by atoms with Crippen LogP contribution in [0.3, 0.4) is 0 Å². The van der Waals surface area contributed by atoms with Gasteiger partial charge in [-0.3, -0.25) is 24.4 Å². The van der Waals surface area contributed by atoms with E-state index in [1.165, 1.54) is 9.58 Å². The third-order valence-corrected chi connectivity index (χ3v) is 3.33. The van der Waals surface area contributed by atoms with Crippen LogP contribution in [0.25, 0.3) is 0 Å². The Morgan fingerprint density at radius 2 is 2.00 bits per heavy atom. The smallest absolute Gasteiger partial charge is 0.323 e. The van der Waals surface area contributed by atoms with Gasteiger partial charge in [0.2, 0.25) is 5.91 Å². The molecule has 0 atom stereocenters. The molecule has 0 saturated heterocycles. The maximum atomic E-state index is 12.2. The molecule has 0 spiro atoms. The zero-order valence-corrected chi connectivity index (χ0v) is 13.8. The summed E-state index contributed by atoms with van der Waals surface area (Å²) in [6.07, 6.45) is 0.0408. The maximum absolute atomic E-state index is 12.2. The van der Waals surface area contributed by atoms with Gasteiger partial charge in [0.15, 0.2) is 0 Å². The van der Waals surface area contributed by atoms with Crippen molar-refractivity contribution in [3.05, 3.63) is 21.5 Å². The van der Waals surface area contributed by atoms with Crippen molar-refractivity contribution in [1.82, 2.24) is 14.7 Å². The molecule has 0 aliphatic heterocycles. The maximum Gasteiger partial charge on any atom is 0.323 e. The molecule has 1 amide bonds.